The molecular formula is C11H11ClF3NO2. The fourth-order valence-electron chi connectivity index (χ4n) is 1.24. The second kappa shape index (κ2) is 5.58. The maximum atomic E-state index is 12.0. The molecule has 0 aliphatic rings. The summed E-state index contributed by atoms with van der Waals surface area (Å²) < 4.78 is 36.1. The molecule has 1 aromatic carbocycles. The number of nitrogens with one attached hydrogen (secondary N) is 1. The SMILES string of the molecule is Cc1ccc(Cl)cc1C(=O)NCC(O)C(F)(F)F. The number of aliphatic hydroxyl groups is 1. The van der Waals surface area contributed by atoms with Gasteiger partial charge < -0.3 is 10.4 Å². The Morgan fingerprint density at radius 1 is 1.50 bits per heavy atom. The van der Waals surface area contributed by atoms with Gasteiger partial charge in [0.15, 0.2) is 6.10 Å². The lowest BCUT2D eigenvalue weighted by atomic mass is 10.1. The molecule has 0 radical (unpaired) electrons. The highest BCUT2D eigenvalue weighted by Gasteiger charge is 2.38. The van der Waals surface area contributed by atoms with Gasteiger partial charge in [-0.05, 0) is 24.6 Å². The van der Waals surface area contributed by atoms with E-state index in [-0.39, 0.29) is 5.56 Å². The summed E-state index contributed by atoms with van der Waals surface area (Å²) in [5, 5.41) is 11.1. The number of amides is 1. The van der Waals surface area contributed by atoms with Gasteiger partial charge in [-0.1, -0.05) is 17.7 Å². The first-order valence-electron chi connectivity index (χ1n) is 5.01. The average molecular weight is 282 g/mol. The number of hydrogen-bond donors (Lipinski definition) is 2. The molecule has 1 atom stereocenters. The number of carbonyl (C=O) groups is 1. The monoisotopic (exact) mass is 281 g/mol. The normalized spacial score (nSPS) is 13.2. The van der Waals surface area contributed by atoms with Crippen LogP contribution in [-0.4, -0.2) is 29.8 Å². The highest BCUT2D eigenvalue weighted by atomic mass is 35.5. The molecule has 0 aliphatic heterocycles. The van der Waals surface area contributed by atoms with Crippen molar-refractivity contribution in [1.29, 1.82) is 0 Å². The summed E-state index contributed by atoms with van der Waals surface area (Å²) in [6.45, 7) is 0.736. The number of halogens is 4. The summed E-state index contributed by atoms with van der Waals surface area (Å²) in [4.78, 5) is 11.6. The molecule has 3 nitrogen and oxygen atoms in total. The van der Waals surface area contributed by atoms with Crippen LogP contribution in [0.2, 0.25) is 5.02 Å². The molecule has 1 rings (SSSR count). The topological polar surface area (TPSA) is 49.3 Å². The Kier molecular flexibility index (Phi) is 4.59. The lowest BCUT2D eigenvalue weighted by Crippen LogP contribution is -2.40. The Morgan fingerprint density at radius 3 is 2.67 bits per heavy atom. The number of alkyl halides is 3. The van der Waals surface area contributed by atoms with Crippen LogP contribution >= 0.6 is 11.6 Å². The van der Waals surface area contributed by atoms with Gasteiger partial charge in [-0.2, -0.15) is 13.2 Å². The molecule has 7 heteroatoms. The van der Waals surface area contributed by atoms with E-state index in [9.17, 15) is 18.0 Å². The standard InChI is InChI=1S/C11H11ClF3NO2/c1-6-2-3-7(12)4-8(6)10(18)16-5-9(17)11(13,14)15/h2-4,9,17H,5H2,1H3,(H,16,18). The van der Waals surface area contributed by atoms with Gasteiger partial charge in [0, 0.05) is 10.6 Å². The van der Waals surface area contributed by atoms with E-state index >= 15 is 0 Å². The summed E-state index contributed by atoms with van der Waals surface area (Å²) in [5.74, 6) is -0.710. The zero-order valence-corrected chi connectivity index (χ0v) is 10.1. The fourth-order valence-corrected chi connectivity index (χ4v) is 1.41. The van der Waals surface area contributed by atoms with Gasteiger partial charge in [-0.15, -0.1) is 0 Å². The average Bonchev–Trinajstić information content (AvgIpc) is 2.27. The molecule has 0 aromatic heterocycles. The minimum absolute atomic E-state index is 0.178. The maximum absolute atomic E-state index is 12.0. The van der Waals surface area contributed by atoms with Crippen LogP contribution in [0.5, 0.6) is 0 Å². The Bertz CT molecular complexity index is 448. The van der Waals surface area contributed by atoms with Gasteiger partial charge in [0.05, 0.1) is 6.54 Å². The third-order valence-corrected chi connectivity index (χ3v) is 2.51. The third-order valence-electron chi connectivity index (χ3n) is 2.28. The molecule has 0 aliphatic carbocycles. The number of hydrogen-bond acceptors (Lipinski definition) is 2. The molecule has 18 heavy (non-hydrogen) atoms. The summed E-state index contributed by atoms with van der Waals surface area (Å²) in [6, 6.07) is 4.50. The van der Waals surface area contributed by atoms with Crippen LogP contribution in [0.25, 0.3) is 0 Å². The molecule has 1 aromatic rings. The Morgan fingerprint density at radius 2 is 2.11 bits per heavy atom. The molecule has 0 heterocycles. The molecule has 1 unspecified atom stereocenters. The van der Waals surface area contributed by atoms with Gasteiger partial charge in [0.25, 0.3) is 5.91 Å². The first kappa shape index (κ1) is 14.8. The zero-order chi connectivity index (χ0) is 13.9. The highest BCUT2D eigenvalue weighted by Crippen LogP contribution is 2.19. The predicted octanol–water partition coefficient (Wildman–Crippen LogP) is 2.30. The van der Waals surface area contributed by atoms with E-state index < -0.39 is 24.7 Å². The fraction of sp³-hybridized carbons (Fsp3) is 0.364. The number of aliphatic hydroxyl groups excluding tert-OH is 1. The van der Waals surface area contributed by atoms with Crippen molar-refractivity contribution in [3.05, 3.63) is 34.3 Å². The molecule has 0 spiro atoms. The van der Waals surface area contributed by atoms with E-state index in [2.05, 4.69) is 0 Å². The first-order valence-corrected chi connectivity index (χ1v) is 5.38. The zero-order valence-electron chi connectivity index (χ0n) is 9.38. The van der Waals surface area contributed by atoms with Crippen LogP contribution in [0.15, 0.2) is 18.2 Å². The second-order valence-corrected chi connectivity index (χ2v) is 4.16. The van der Waals surface area contributed by atoms with E-state index in [0.717, 1.165) is 0 Å². The molecule has 0 bridgehead atoms. The van der Waals surface area contributed by atoms with Crippen molar-refractivity contribution >= 4 is 17.5 Å². The second-order valence-electron chi connectivity index (χ2n) is 3.73. The van der Waals surface area contributed by atoms with Gasteiger partial charge in [0.1, 0.15) is 0 Å². The van der Waals surface area contributed by atoms with Gasteiger partial charge in [-0.3, -0.25) is 4.79 Å². The minimum atomic E-state index is -4.75. The van der Waals surface area contributed by atoms with E-state index in [4.69, 9.17) is 16.7 Å². The van der Waals surface area contributed by atoms with Crippen LogP contribution in [0, 0.1) is 6.92 Å². The quantitative estimate of drug-likeness (QED) is 0.893. The smallest absolute Gasteiger partial charge is 0.382 e. The van der Waals surface area contributed by atoms with Crippen molar-refractivity contribution in [2.24, 2.45) is 0 Å². The molecule has 2 N–H and O–H groups in total. The number of aryl methyl sites for hydroxylation is 1. The van der Waals surface area contributed by atoms with E-state index in [1.54, 1.807) is 19.1 Å². The van der Waals surface area contributed by atoms with Crippen molar-refractivity contribution in [1.82, 2.24) is 5.32 Å². The van der Waals surface area contributed by atoms with E-state index in [1.807, 2.05) is 5.32 Å². The van der Waals surface area contributed by atoms with Gasteiger partial charge >= 0.3 is 6.18 Å². The van der Waals surface area contributed by atoms with Crippen molar-refractivity contribution in [2.45, 2.75) is 19.2 Å². The number of rotatable bonds is 3. The van der Waals surface area contributed by atoms with Gasteiger partial charge in [-0.25, -0.2) is 0 Å². The Hall–Kier alpha value is -1.27. The summed E-state index contributed by atoms with van der Waals surface area (Å²) in [6.07, 6.45) is -7.34. The van der Waals surface area contributed by atoms with Crippen molar-refractivity contribution in [3.63, 3.8) is 0 Å². The van der Waals surface area contributed by atoms with Crippen molar-refractivity contribution < 1.29 is 23.1 Å². The number of carbonyl (C=O) groups excluding carboxylic acids is 1. The largest absolute Gasteiger partial charge is 0.416 e. The van der Waals surface area contributed by atoms with Crippen LogP contribution in [0.3, 0.4) is 0 Å². The number of benzene rings is 1. The molecule has 100 valence electrons. The minimum Gasteiger partial charge on any atom is -0.382 e. The third kappa shape index (κ3) is 3.89. The Labute approximate surface area is 107 Å². The highest BCUT2D eigenvalue weighted by molar-refractivity contribution is 6.31. The van der Waals surface area contributed by atoms with E-state index in [1.165, 1.54) is 6.07 Å². The van der Waals surface area contributed by atoms with Gasteiger partial charge in [0.2, 0.25) is 0 Å². The van der Waals surface area contributed by atoms with Crippen LogP contribution in [0.4, 0.5) is 13.2 Å². The summed E-state index contributed by atoms with van der Waals surface area (Å²) in [7, 11) is 0. The maximum Gasteiger partial charge on any atom is 0.416 e. The van der Waals surface area contributed by atoms with Crippen molar-refractivity contribution in [3.8, 4) is 0 Å². The molecule has 0 saturated heterocycles. The summed E-state index contributed by atoms with van der Waals surface area (Å²) in [5.41, 5.74) is 0.760. The lowest BCUT2D eigenvalue weighted by Gasteiger charge is -2.15. The molecule has 0 fully saturated rings. The van der Waals surface area contributed by atoms with Crippen LogP contribution in [-0.2, 0) is 0 Å². The van der Waals surface area contributed by atoms with Crippen molar-refractivity contribution in [2.75, 3.05) is 6.54 Å². The predicted molar refractivity (Wildman–Crippen MR) is 60.6 cm³/mol. The van der Waals surface area contributed by atoms with E-state index in [0.29, 0.717) is 10.6 Å². The first-order chi connectivity index (χ1) is 8.21. The summed E-state index contributed by atoms with van der Waals surface area (Å²) >= 11 is 5.69. The molecule has 0 saturated carbocycles. The molecular weight excluding hydrogens is 271 g/mol. The van der Waals surface area contributed by atoms with Crippen LogP contribution < -0.4 is 5.32 Å². The molecule has 1 amide bonds. The Balaban J connectivity index is 2.69. The van der Waals surface area contributed by atoms with Crippen LogP contribution in [0.1, 0.15) is 15.9 Å². The lowest BCUT2D eigenvalue weighted by molar-refractivity contribution is -0.201.